The summed E-state index contributed by atoms with van der Waals surface area (Å²) in [5.41, 5.74) is 3.46. The Morgan fingerprint density at radius 1 is 1.53 bits per heavy atom. The number of rotatable bonds is 5. The Morgan fingerprint density at radius 3 is 2.82 bits per heavy atom. The van der Waals surface area contributed by atoms with Gasteiger partial charge >= 0.3 is 0 Å². The molecule has 1 aliphatic rings. The summed E-state index contributed by atoms with van der Waals surface area (Å²) in [6.07, 6.45) is 10.4. The van der Waals surface area contributed by atoms with Crippen molar-refractivity contribution < 1.29 is 5.11 Å². The highest BCUT2D eigenvalue weighted by Crippen LogP contribution is 2.43. The number of hydrogen-bond donors (Lipinski definition) is 1. The van der Waals surface area contributed by atoms with Crippen LogP contribution in [0.1, 0.15) is 59.8 Å². The Labute approximate surface area is 107 Å². The lowest BCUT2D eigenvalue weighted by atomic mass is 9.67. The molecule has 1 N–H and O–H groups in total. The zero-order valence-electron chi connectivity index (χ0n) is 11.9. The van der Waals surface area contributed by atoms with Crippen LogP contribution >= 0.6 is 0 Å². The lowest BCUT2D eigenvalue weighted by Crippen LogP contribution is -2.27. The first-order valence-corrected chi connectivity index (χ1v) is 6.90. The predicted molar refractivity (Wildman–Crippen MR) is 75.0 cm³/mol. The van der Waals surface area contributed by atoms with Crippen molar-refractivity contribution in [3.8, 4) is 0 Å². The second-order valence-electron chi connectivity index (χ2n) is 6.13. The predicted octanol–water partition coefficient (Wildman–Crippen LogP) is 4.48. The summed E-state index contributed by atoms with van der Waals surface area (Å²) < 4.78 is 0. The van der Waals surface area contributed by atoms with Crippen LogP contribution in [-0.4, -0.2) is 11.7 Å². The van der Waals surface area contributed by atoms with Gasteiger partial charge in [-0.05, 0) is 57.3 Å². The fraction of sp³-hybridized carbons (Fsp3) is 0.750. The molecule has 0 radical (unpaired) electrons. The van der Waals surface area contributed by atoms with E-state index in [2.05, 4.69) is 39.8 Å². The second kappa shape index (κ2) is 6.39. The highest BCUT2D eigenvalue weighted by atomic mass is 16.2. The van der Waals surface area contributed by atoms with Gasteiger partial charge in [0.15, 0.2) is 0 Å². The average Bonchev–Trinajstić information content (AvgIpc) is 2.24. The summed E-state index contributed by atoms with van der Waals surface area (Å²) in [7, 11) is 0. The highest BCUT2D eigenvalue weighted by Gasteiger charge is 2.32. The molecule has 0 spiro atoms. The normalized spacial score (nSPS) is 24.6. The Kier molecular flexibility index (Phi) is 5.45. The average molecular weight is 236 g/mol. The number of aliphatic hydroxyl groups excluding tert-OH is 1. The second-order valence-corrected chi connectivity index (χ2v) is 6.13. The van der Waals surface area contributed by atoms with Gasteiger partial charge in [0, 0.05) is 6.61 Å². The molecule has 0 saturated carbocycles. The largest absolute Gasteiger partial charge is 0.396 e. The van der Waals surface area contributed by atoms with Crippen LogP contribution in [0.4, 0.5) is 0 Å². The van der Waals surface area contributed by atoms with Gasteiger partial charge in [0.05, 0.1) is 0 Å². The first-order chi connectivity index (χ1) is 7.97. The third-order valence-electron chi connectivity index (χ3n) is 4.20. The van der Waals surface area contributed by atoms with E-state index in [-0.39, 0.29) is 6.61 Å². The fourth-order valence-electron chi connectivity index (χ4n) is 3.01. The van der Waals surface area contributed by atoms with Gasteiger partial charge in [-0.3, -0.25) is 0 Å². The van der Waals surface area contributed by atoms with E-state index in [1.807, 2.05) is 0 Å². The van der Waals surface area contributed by atoms with Crippen molar-refractivity contribution in [1.29, 1.82) is 0 Å². The summed E-state index contributed by atoms with van der Waals surface area (Å²) in [6.45, 7) is 9.55. The van der Waals surface area contributed by atoms with Crippen LogP contribution in [0.2, 0.25) is 0 Å². The van der Waals surface area contributed by atoms with Crippen LogP contribution in [0, 0.1) is 11.3 Å². The molecule has 0 aromatic carbocycles. The van der Waals surface area contributed by atoms with Gasteiger partial charge in [-0.25, -0.2) is 0 Å². The van der Waals surface area contributed by atoms with Gasteiger partial charge in [0.1, 0.15) is 0 Å². The minimum atomic E-state index is 0.269. The van der Waals surface area contributed by atoms with Crippen molar-refractivity contribution in [2.75, 3.05) is 6.61 Å². The minimum Gasteiger partial charge on any atom is -0.396 e. The van der Waals surface area contributed by atoms with Crippen LogP contribution < -0.4 is 0 Å². The highest BCUT2D eigenvalue weighted by molar-refractivity contribution is 5.13. The molecule has 1 atom stereocenters. The third-order valence-corrected chi connectivity index (χ3v) is 4.20. The SMILES string of the molecule is CC1=CCCC(C)(C)C1CC/C(C)=C\CCO. The molecule has 0 aromatic rings. The van der Waals surface area contributed by atoms with E-state index in [0.29, 0.717) is 5.41 Å². The molecule has 1 heteroatoms. The topological polar surface area (TPSA) is 20.2 Å². The van der Waals surface area contributed by atoms with E-state index in [0.717, 1.165) is 12.3 Å². The molecule has 1 rings (SSSR count). The third kappa shape index (κ3) is 4.31. The van der Waals surface area contributed by atoms with E-state index in [9.17, 15) is 0 Å². The molecule has 0 saturated heterocycles. The summed E-state index contributed by atoms with van der Waals surface area (Å²) in [5, 5.41) is 8.80. The van der Waals surface area contributed by atoms with Crippen molar-refractivity contribution in [2.24, 2.45) is 11.3 Å². The van der Waals surface area contributed by atoms with Crippen LogP contribution in [0.5, 0.6) is 0 Å². The monoisotopic (exact) mass is 236 g/mol. The van der Waals surface area contributed by atoms with Crippen molar-refractivity contribution in [3.05, 3.63) is 23.3 Å². The van der Waals surface area contributed by atoms with Crippen LogP contribution in [0.15, 0.2) is 23.3 Å². The molecule has 0 amide bonds. The molecule has 1 nitrogen and oxygen atoms in total. The van der Waals surface area contributed by atoms with Gasteiger partial charge in [-0.2, -0.15) is 0 Å². The molecule has 98 valence electrons. The van der Waals surface area contributed by atoms with Gasteiger partial charge in [-0.15, -0.1) is 0 Å². The van der Waals surface area contributed by atoms with E-state index < -0.39 is 0 Å². The Morgan fingerprint density at radius 2 is 2.24 bits per heavy atom. The van der Waals surface area contributed by atoms with Crippen molar-refractivity contribution in [3.63, 3.8) is 0 Å². The number of aliphatic hydroxyl groups is 1. The van der Waals surface area contributed by atoms with Crippen LogP contribution in [0.3, 0.4) is 0 Å². The van der Waals surface area contributed by atoms with Gasteiger partial charge in [0.25, 0.3) is 0 Å². The van der Waals surface area contributed by atoms with Crippen molar-refractivity contribution in [2.45, 2.75) is 59.8 Å². The Hall–Kier alpha value is -0.560. The molecule has 1 unspecified atom stereocenters. The maximum Gasteiger partial charge on any atom is 0.0465 e. The lowest BCUT2D eigenvalue weighted by Gasteiger charge is -2.38. The standard InChI is InChI=1S/C16H28O/c1-13(7-6-12-17)9-10-15-14(2)8-5-11-16(15,3)4/h7-8,15,17H,5-6,9-12H2,1-4H3/b13-7-. The quantitative estimate of drug-likeness (QED) is 0.698. The zero-order chi connectivity index (χ0) is 12.9. The molecular weight excluding hydrogens is 208 g/mol. The van der Waals surface area contributed by atoms with Gasteiger partial charge in [-0.1, -0.05) is 37.1 Å². The lowest BCUT2D eigenvalue weighted by molar-refractivity contribution is 0.204. The molecular formula is C16H28O. The smallest absolute Gasteiger partial charge is 0.0465 e. The van der Waals surface area contributed by atoms with Crippen LogP contribution in [-0.2, 0) is 0 Å². The molecule has 1 aliphatic carbocycles. The molecule has 0 fully saturated rings. The molecule has 0 aliphatic heterocycles. The van der Waals surface area contributed by atoms with Gasteiger partial charge < -0.3 is 5.11 Å². The molecule has 0 aromatic heterocycles. The molecule has 0 heterocycles. The maximum absolute atomic E-state index is 8.80. The van der Waals surface area contributed by atoms with E-state index in [4.69, 9.17) is 5.11 Å². The molecule has 17 heavy (non-hydrogen) atoms. The summed E-state index contributed by atoms with van der Waals surface area (Å²) in [4.78, 5) is 0. The molecule has 0 bridgehead atoms. The number of hydrogen-bond acceptors (Lipinski definition) is 1. The zero-order valence-corrected chi connectivity index (χ0v) is 11.9. The van der Waals surface area contributed by atoms with Crippen LogP contribution in [0.25, 0.3) is 0 Å². The summed E-state index contributed by atoms with van der Waals surface area (Å²) in [6, 6.07) is 0. The van der Waals surface area contributed by atoms with E-state index >= 15 is 0 Å². The van der Waals surface area contributed by atoms with Crippen molar-refractivity contribution >= 4 is 0 Å². The number of allylic oxidation sites excluding steroid dienone is 3. The summed E-state index contributed by atoms with van der Waals surface area (Å²) in [5.74, 6) is 0.730. The Bertz CT molecular complexity index is 297. The fourth-order valence-corrected chi connectivity index (χ4v) is 3.01. The van der Waals surface area contributed by atoms with E-state index in [1.54, 1.807) is 5.57 Å². The maximum atomic E-state index is 8.80. The van der Waals surface area contributed by atoms with Crippen molar-refractivity contribution in [1.82, 2.24) is 0 Å². The van der Waals surface area contributed by atoms with E-state index in [1.165, 1.54) is 31.3 Å². The van der Waals surface area contributed by atoms with Gasteiger partial charge in [0.2, 0.25) is 0 Å². The Balaban J connectivity index is 2.55. The summed E-state index contributed by atoms with van der Waals surface area (Å²) >= 11 is 0. The minimum absolute atomic E-state index is 0.269. The first kappa shape index (κ1) is 14.5. The first-order valence-electron chi connectivity index (χ1n) is 6.90.